The molecule has 2 radical (unpaired) electrons. The van der Waals surface area contributed by atoms with Crippen molar-refractivity contribution in [1.82, 2.24) is 0 Å². The molecule has 2 aliphatic carbocycles. The molecule has 2 saturated carbocycles. The molecule has 0 bridgehead atoms. The summed E-state index contributed by atoms with van der Waals surface area (Å²) in [6, 6.07) is 0. The molecule has 2 rings (SSSR count). The molecule has 17 heavy (non-hydrogen) atoms. The molecule has 0 unspecified atom stereocenters. The van der Waals surface area contributed by atoms with Crippen LogP contribution >= 0.6 is 22.6 Å². The third-order valence-corrected chi connectivity index (χ3v) is 5.99. The van der Waals surface area contributed by atoms with Gasteiger partial charge >= 0.3 is 0 Å². The molecule has 0 aromatic carbocycles. The summed E-state index contributed by atoms with van der Waals surface area (Å²) in [5, 5.41) is 0. The Morgan fingerprint density at radius 1 is 0.882 bits per heavy atom. The zero-order chi connectivity index (χ0) is 11.9. The van der Waals surface area contributed by atoms with Gasteiger partial charge in [-0.05, 0) is 37.5 Å². The number of rotatable bonds is 5. The Hall–Kier alpha value is 0.907. The summed E-state index contributed by atoms with van der Waals surface area (Å²) in [4.78, 5) is 0. The van der Waals surface area contributed by atoms with Crippen LogP contribution in [0.5, 0.6) is 0 Å². The van der Waals surface area contributed by atoms with Gasteiger partial charge in [0, 0.05) is 4.05 Å². The van der Waals surface area contributed by atoms with Crippen molar-refractivity contribution in [3.8, 4) is 0 Å². The molecule has 0 heterocycles. The second-order valence-corrected chi connectivity index (χ2v) is 8.74. The Kier molecular flexibility index (Phi) is 6.87. The second kappa shape index (κ2) is 8.15. The van der Waals surface area contributed by atoms with E-state index in [0.717, 1.165) is 21.6 Å². The van der Waals surface area contributed by atoms with E-state index in [1.165, 1.54) is 68.3 Å². The zero-order valence-corrected chi connectivity index (χ0v) is 14.0. The van der Waals surface area contributed by atoms with Crippen LogP contribution in [0.3, 0.4) is 0 Å². The van der Waals surface area contributed by atoms with Gasteiger partial charge in [-0.2, -0.15) is 0 Å². The first-order valence-electron chi connectivity index (χ1n) is 7.36. The quantitative estimate of drug-likeness (QED) is 0.395. The van der Waals surface area contributed by atoms with Crippen LogP contribution in [-0.2, 0) is 4.43 Å². The molecule has 0 saturated heterocycles. The van der Waals surface area contributed by atoms with Gasteiger partial charge in [-0.3, -0.25) is 0 Å². The highest BCUT2D eigenvalue weighted by Crippen LogP contribution is 2.37. The minimum atomic E-state index is 0.615. The topological polar surface area (TPSA) is 9.23 Å². The van der Waals surface area contributed by atoms with E-state index in [0.29, 0.717) is 6.10 Å². The lowest BCUT2D eigenvalue weighted by Crippen LogP contribution is -2.36. The summed E-state index contributed by atoms with van der Waals surface area (Å²) in [6.45, 7) is 0. The van der Waals surface area contributed by atoms with E-state index < -0.39 is 0 Å². The predicted molar refractivity (Wildman–Crippen MR) is 82.7 cm³/mol. The van der Waals surface area contributed by atoms with Gasteiger partial charge in [-0.25, -0.2) is 0 Å². The van der Waals surface area contributed by atoms with E-state index in [4.69, 9.17) is 4.43 Å². The molecular weight excluding hydrogens is 339 g/mol. The summed E-state index contributed by atoms with van der Waals surface area (Å²) in [6.07, 6.45) is 15.1. The Bertz CT molecular complexity index is 182. The average Bonchev–Trinajstić information content (AvgIpc) is 2.42. The number of alkyl halides is 1. The molecular formula is C14H25IOSi. The summed E-state index contributed by atoms with van der Waals surface area (Å²) < 4.78 is 7.46. The molecule has 0 aliphatic heterocycles. The first-order chi connectivity index (χ1) is 8.42. The van der Waals surface area contributed by atoms with E-state index in [9.17, 15) is 0 Å². The Labute approximate surface area is 123 Å². The van der Waals surface area contributed by atoms with Gasteiger partial charge < -0.3 is 4.43 Å². The van der Waals surface area contributed by atoms with E-state index >= 15 is 0 Å². The smallest absolute Gasteiger partial charge is 0.240 e. The van der Waals surface area contributed by atoms with Gasteiger partial charge in [-0.1, -0.05) is 61.1 Å². The molecule has 98 valence electrons. The standard InChI is InChI=1S/C14H25IOSi/c15-11-17-16-14(12-7-3-1-4-8-12)13-9-5-2-6-10-13/h12-14H,1-11H2. The first kappa shape index (κ1) is 14.3. The third kappa shape index (κ3) is 4.50. The van der Waals surface area contributed by atoms with Crippen LogP contribution in [0.4, 0.5) is 0 Å². The highest BCUT2D eigenvalue weighted by atomic mass is 127. The normalized spacial score (nSPS) is 24.4. The molecule has 0 N–H and O–H groups in total. The van der Waals surface area contributed by atoms with Crippen LogP contribution in [0, 0.1) is 11.8 Å². The van der Waals surface area contributed by atoms with Gasteiger partial charge in [0.05, 0.1) is 6.10 Å². The molecule has 2 fully saturated rings. The lowest BCUT2D eigenvalue weighted by molar-refractivity contribution is 0.0423. The van der Waals surface area contributed by atoms with E-state index in [1.54, 1.807) is 0 Å². The number of halogens is 1. The number of hydrogen-bond donors (Lipinski definition) is 0. The molecule has 1 nitrogen and oxygen atoms in total. The Morgan fingerprint density at radius 2 is 1.35 bits per heavy atom. The minimum absolute atomic E-state index is 0.615. The lowest BCUT2D eigenvalue weighted by Gasteiger charge is -2.37. The van der Waals surface area contributed by atoms with Crippen LogP contribution in [0.1, 0.15) is 64.2 Å². The van der Waals surface area contributed by atoms with Crippen molar-refractivity contribution in [3.63, 3.8) is 0 Å². The van der Waals surface area contributed by atoms with Crippen LogP contribution in [0.15, 0.2) is 0 Å². The van der Waals surface area contributed by atoms with Crippen molar-refractivity contribution in [2.45, 2.75) is 70.3 Å². The predicted octanol–water partition coefficient (Wildman–Crippen LogP) is 4.54. The highest BCUT2D eigenvalue weighted by Gasteiger charge is 2.31. The minimum Gasteiger partial charge on any atom is -0.413 e. The van der Waals surface area contributed by atoms with E-state index in [2.05, 4.69) is 22.6 Å². The van der Waals surface area contributed by atoms with Crippen LogP contribution in [0.25, 0.3) is 0 Å². The maximum absolute atomic E-state index is 6.29. The lowest BCUT2D eigenvalue weighted by atomic mass is 9.75. The summed E-state index contributed by atoms with van der Waals surface area (Å²) in [7, 11) is 0.731. The van der Waals surface area contributed by atoms with E-state index in [-0.39, 0.29) is 0 Å². The maximum Gasteiger partial charge on any atom is 0.240 e. The van der Waals surface area contributed by atoms with Gasteiger partial charge in [-0.15, -0.1) is 0 Å². The monoisotopic (exact) mass is 364 g/mol. The third-order valence-electron chi connectivity index (χ3n) is 4.50. The van der Waals surface area contributed by atoms with Crippen molar-refractivity contribution in [2.24, 2.45) is 11.8 Å². The second-order valence-electron chi connectivity index (χ2n) is 5.66. The highest BCUT2D eigenvalue weighted by molar-refractivity contribution is 14.1. The fourth-order valence-electron chi connectivity index (χ4n) is 3.63. The van der Waals surface area contributed by atoms with Crippen LogP contribution in [-0.4, -0.2) is 19.9 Å². The number of hydrogen-bond acceptors (Lipinski definition) is 1. The average molecular weight is 364 g/mol. The summed E-state index contributed by atoms with van der Waals surface area (Å²) in [5.74, 6) is 1.78. The fraction of sp³-hybridized carbons (Fsp3) is 1.00. The van der Waals surface area contributed by atoms with E-state index in [1.807, 2.05) is 0 Å². The Balaban J connectivity index is 1.90. The molecule has 0 aromatic heterocycles. The zero-order valence-electron chi connectivity index (χ0n) is 10.8. The summed E-state index contributed by atoms with van der Waals surface area (Å²) >= 11 is 2.45. The van der Waals surface area contributed by atoms with Gasteiger partial charge in [0.15, 0.2) is 0 Å². The van der Waals surface area contributed by atoms with Crippen LogP contribution in [0.2, 0.25) is 0 Å². The summed E-state index contributed by atoms with van der Waals surface area (Å²) in [5.41, 5.74) is 0. The molecule has 0 spiro atoms. The molecule has 0 aromatic rings. The van der Waals surface area contributed by atoms with Crippen molar-refractivity contribution >= 4 is 32.4 Å². The van der Waals surface area contributed by atoms with Crippen molar-refractivity contribution in [2.75, 3.05) is 4.05 Å². The molecule has 0 atom stereocenters. The van der Waals surface area contributed by atoms with Crippen molar-refractivity contribution in [1.29, 1.82) is 0 Å². The van der Waals surface area contributed by atoms with Crippen molar-refractivity contribution < 1.29 is 4.43 Å². The molecule has 0 amide bonds. The fourth-order valence-corrected chi connectivity index (χ4v) is 4.81. The van der Waals surface area contributed by atoms with Crippen molar-refractivity contribution in [3.05, 3.63) is 0 Å². The molecule has 2 aliphatic rings. The molecule has 3 heteroatoms. The maximum atomic E-state index is 6.29. The van der Waals surface area contributed by atoms with Gasteiger partial charge in [0.1, 0.15) is 0 Å². The SMILES string of the molecule is IC[Si]OC(C1CCCCC1)C1CCCCC1. The Morgan fingerprint density at radius 3 is 1.76 bits per heavy atom. The van der Waals surface area contributed by atoms with Crippen LogP contribution < -0.4 is 0 Å². The largest absolute Gasteiger partial charge is 0.413 e. The first-order valence-corrected chi connectivity index (χ1v) is 10.0. The van der Waals surface area contributed by atoms with Gasteiger partial charge in [0.25, 0.3) is 0 Å². The van der Waals surface area contributed by atoms with Gasteiger partial charge in [0.2, 0.25) is 9.76 Å².